The molecule has 2 nitrogen and oxygen atoms in total. The van der Waals surface area contributed by atoms with E-state index < -0.39 is 0 Å². The summed E-state index contributed by atoms with van der Waals surface area (Å²) in [6.45, 7) is 3.65. The second-order valence-corrected chi connectivity index (χ2v) is 3.76. The quantitative estimate of drug-likeness (QED) is 0.468. The van der Waals surface area contributed by atoms with Crippen molar-refractivity contribution < 1.29 is 0 Å². The van der Waals surface area contributed by atoms with Crippen LogP contribution in [0.15, 0.2) is 11.6 Å². The van der Waals surface area contributed by atoms with Crippen LogP contribution in [0.2, 0.25) is 0 Å². The number of hydrogen-bond acceptors (Lipinski definition) is 2. The number of nitrogens with zero attached hydrogens (tertiary/aromatic N) is 2. The number of hydrogen-bond donors (Lipinski definition) is 0. The maximum atomic E-state index is 2.47. The SMILES string of the molecule is CN1CC2=CCCN(C)[C@H]2C1. The third-order valence-corrected chi connectivity index (χ3v) is 2.79. The molecular weight excluding hydrogens is 136 g/mol. The molecule has 1 atom stereocenters. The predicted octanol–water partition coefficient (Wildman–Crippen LogP) is 0.562. The number of likely N-dealkylation sites (tertiary alicyclic amines) is 1. The van der Waals surface area contributed by atoms with Crippen LogP contribution in [-0.4, -0.2) is 49.6 Å². The van der Waals surface area contributed by atoms with Crippen LogP contribution in [0.1, 0.15) is 6.42 Å². The van der Waals surface area contributed by atoms with Crippen molar-refractivity contribution in [3.05, 3.63) is 11.6 Å². The molecule has 0 saturated carbocycles. The van der Waals surface area contributed by atoms with E-state index in [4.69, 9.17) is 0 Å². The lowest BCUT2D eigenvalue weighted by molar-refractivity contribution is 0.254. The van der Waals surface area contributed by atoms with Crippen LogP contribution in [0, 0.1) is 0 Å². The average molecular weight is 152 g/mol. The Labute approximate surface area is 68.5 Å². The van der Waals surface area contributed by atoms with E-state index in [0.717, 1.165) is 6.04 Å². The minimum Gasteiger partial charge on any atom is -0.300 e. The van der Waals surface area contributed by atoms with Crippen LogP contribution in [0.5, 0.6) is 0 Å². The second-order valence-electron chi connectivity index (χ2n) is 3.76. The van der Waals surface area contributed by atoms with Crippen molar-refractivity contribution in [2.24, 2.45) is 0 Å². The number of fused-ring (bicyclic) bond motifs is 1. The van der Waals surface area contributed by atoms with E-state index in [0.29, 0.717) is 0 Å². The fourth-order valence-electron chi connectivity index (χ4n) is 2.13. The first-order valence-corrected chi connectivity index (χ1v) is 4.35. The van der Waals surface area contributed by atoms with E-state index in [1.54, 1.807) is 5.57 Å². The molecule has 2 heterocycles. The molecule has 0 radical (unpaired) electrons. The van der Waals surface area contributed by atoms with Crippen molar-refractivity contribution in [3.8, 4) is 0 Å². The molecule has 0 aliphatic carbocycles. The Morgan fingerprint density at radius 3 is 3.00 bits per heavy atom. The molecule has 62 valence electrons. The fraction of sp³-hybridized carbons (Fsp3) is 0.778. The van der Waals surface area contributed by atoms with Crippen molar-refractivity contribution in [2.45, 2.75) is 12.5 Å². The fourth-order valence-corrected chi connectivity index (χ4v) is 2.13. The van der Waals surface area contributed by atoms with Crippen molar-refractivity contribution >= 4 is 0 Å². The highest BCUT2D eigenvalue weighted by Gasteiger charge is 2.29. The summed E-state index contributed by atoms with van der Waals surface area (Å²) in [5.41, 5.74) is 1.64. The molecule has 0 aromatic heterocycles. The molecule has 2 rings (SSSR count). The normalized spacial score (nSPS) is 33.6. The van der Waals surface area contributed by atoms with Gasteiger partial charge >= 0.3 is 0 Å². The Balaban J connectivity index is 2.17. The summed E-state index contributed by atoms with van der Waals surface area (Å²) in [5.74, 6) is 0. The zero-order chi connectivity index (χ0) is 7.84. The highest BCUT2D eigenvalue weighted by Crippen LogP contribution is 2.23. The topological polar surface area (TPSA) is 6.48 Å². The second kappa shape index (κ2) is 2.61. The van der Waals surface area contributed by atoms with E-state index in [1.807, 2.05) is 0 Å². The first-order chi connectivity index (χ1) is 5.27. The third-order valence-electron chi connectivity index (χ3n) is 2.79. The lowest BCUT2D eigenvalue weighted by Crippen LogP contribution is -2.37. The zero-order valence-corrected chi connectivity index (χ0v) is 7.38. The largest absolute Gasteiger partial charge is 0.300 e. The Morgan fingerprint density at radius 2 is 2.27 bits per heavy atom. The monoisotopic (exact) mass is 152 g/mol. The van der Waals surface area contributed by atoms with Gasteiger partial charge in [-0.25, -0.2) is 0 Å². The van der Waals surface area contributed by atoms with Gasteiger partial charge in [0.05, 0.1) is 0 Å². The number of likely N-dealkylation sites (N-methyl/N-ethyl adjacent to an activating group) is 2. The molecule has 0 spiro atoms. The van der Waals surface area contributed by atoms with Gasteiger partial charge in [0, 0.05) is 25.7 Å². The van der Waals surface area contributed by atoms with E-state index >= 15 is 0 Å². The molecule has 0 bridgehead atoms. The smallest absolute Gasteiger partial charge is 0.0444 e. The summed E-state index contributed by atoms with van der Waals surface area (Å²) >= 11 is 0. The third kappa shape index (κ3) is 1.21. The van der Waals surface area contributed by atoms with Crippen molar-refractivity contribution in [1.82, 2.24) is 9.80 Å². The first-order valence-electron chi connectivity index (χ1n) is 4.35. The molecule has 11 heavy (non-hydrogen) atoms. The Bertz CT molecular complexity index is 186. The van der Waals surface area contributed by atoms with Gasteiger partial charge in [0.1, 0.15) is 0 Å². The Morgan fingerprint density at radius 1 is 1.45 bits per heavy atom. The molecule has 1 saturated heterocycles. The molecular formula is C9H16N2. The van der Waals surface area contributed by atoms with Gasteiger partial charge in [-0.2, -0.15) is 0 Å². The van der Waals surface area contributed by atoms with Gasteiger partial charge in [0.2, 0.25) is 0 Å². The minimum absolute atomic E-state index is 0.730. The maximum Gasteiger partial charge on any atom is 0.0444 e. The van der Waals surface area contributed by atoms with Crippen LogP contribution in [0.3, 0.4) is 0 Å². The summed E-state index contributed by atoms with van der Waals surface area (Å²) in [4.78, 5) is 4.87. The van der Waals surface area contributed by atoms with Crippen LogP contribution >= 0.6 is 0 Å². The summed E-state index contributed by atoms with van der Waals surface area (Å²) in [7, 11) is 4.43. The zero-order valence-electron chi connectivity index (χ0n) is 7.38. The summed E-state index contributed by atoms with van der Waals surface area (Å²) in [5, 5.41) is 0. The van der Waals surface area contributed by atoms with Crippen molar-refractivity contribution in [2.75, 3.05) is 33.7 Å². The van der Waals surface area contributed by atoms with Crippen LogP contribution in [-0.2, 0) is 0 Å². The Hall–Kier alpha value is -0.340. The molecule has 0 unspecified atom stereocenters. The number of rotatable bonds is 0. The van der Waals surface area contributed by atoms with Crippen LogP contribution in [0.25, 0.3) is 0 Å². The predicted molar refractivity (Wildman–Crippen MR) is 46.6 cm³/mol. The highest BCUT2D eigenvalue weighted by atomic mass is 15.2. The highest BCUT2D eigenvalue weighted by molar-refractivity contribution is 5.21. The Kier molecular flexibility index (Phi) is 1.74. The molecule has 0 amide bonds. The van der Waals surface area contributed by atoms with Gasteiger partial charge in [-0.1, -0.05) is 6.08 Å². The summed E-state index contributed by atoms with van der Waals surface area (Å²) in [6, 6.07) is 0.730. The van der Waals surface area contributed by atoms with Crippen molar-refractivity contribution in [3.63, 3.8) is 0 Å². The van der Waals surface area contributed by atoms with Gasteiger partial charge < -0.3 is 4.90 Å². The summed E-state index contributed by atoms with van der Waals surface area (Å²) < 4.78 is 0. The molecule has 2 aliphatic rings. The summed E-state index contributed by atoms with van der Waals surface area (Å²) in [6.07, 6.45) is 3.67. The molecule has 0 aromatic carbocycles. The lowest BCUT2D eigenvalue weighted by atomic mass is 10.0. The van der Waals surface area contributed by atoms with E-state index in [1.165, 1.54) is 26.1 Å². The van der Waals surface area contributed by atoms with Gasteiger partial charge in [-0.05, 0) is 26.1 Å². The van der Waals surface area contributed by atoms with Crippen LogP contribution in [0.4, 0.5) is 0 Å². The van der Waals surface area contributed by atoms with Gasteiger partial charge in [-0.15, -0.1) is 0 Å². The van der Waals surface area contributed by atoms with Gasteiger partial charge in [0.25, 0.3) is 0 Å². The van der Waals surface area contributed by atoms with E-state index in [2.05, 4.69) is 30.0 Å². The maximum absolute atomic E-state index is 2.47. The average Bonchev–Trinajstić information content (AvgIpc) is 2.31. The minimum atomic E-state index is 0.730. The molecule has 2 heteroatoms. The molecule has 1 fully saturated rings. The molecule has 0 N–H and O–H groups in total. The van der Waals surface area contributed by atoms with E-state index in [-0.39, 0.29) is 0 Å². The van der Waals surface area contributed by atoms with Crippen LogP contribution < -0.4 is 0 Å². The molecule has 2 aliphatic heterocycles. The van der Waals surface area contributed by atoms with Crippen molar-refractivity contribution in [1.29, 1.82) is 0 Å². The standard InChI is InChI=1S/C9H16N2/c1-10-6-8-4-3-5-11(2)9(8)7-10/h4,9H,3,5-7H2,1-2H3/t9-/m0/s1. The van der Waals surface area contributed by atoms with Gasteiger partial charge in [0.15, 0.2) is 0 Å². The van der Waals surface area contributed by atoms with E-state index in [9.17, 15) is 0 Å². The van der Waals surface area contributed by atoms with Gasteiger partial charge in [-0.3, -0.25) is 4.90 Å². The lowest BCUT2D eigenvalue weighted by Gasteiger charge is -2.28. The molecule has 0 aromatic rings. The first kappa shape index (κ1) is 7.32.